The van der Waals surface area contributed by atoms with E-state index in [4.69, 9.17) is 9.78 Å². The van der Waals surface area contributed by atoms with Crippen LogP contribution in [0.1, 0.15) is 37.8 Å². The van der Waals surface area contributed by atoms with E-state index >= 15 is 0 Å². The van der Waals surface area contributed by atoms with Crippen molar-refractivity contribution in [1.29, 1.82) is 0 Å². The van der Waals surface area contributed by atoms with Gasteiger partial charge in [0.2, 0.25) is 0 Å². The van der Waals surface area contributed by atoms with Crippen molar-refractivity contribution >= 4 is 5.97 Å². The van der Waals surface area contributed by atoms with Gasteiger partial charge in [0.1, 0.15) is 11.5 Å². The average Bonchev–Trinajstić information content (AvgIpc) is 2.47. The van der Waals surface area contributed by atoms with Gasteiger partial charge in [-0.3, -0.25) is 4.89 Å². The van der Waals surface area contributed by atoms with Crippen LogP contribution in [0.3, 0.4) is 0 Å². The Morgan fingerprint density at radius 3 is 1.67 bits per heavy atom. The molecule has 0 radical (unpaired) electrons. The normalized spacial score (nSPS) is 11.4. The summed E-state index contributed by atoms with van der Waals surface area (Å²) in [5.74, 6) is -0.905. The van der Waals surface area contributed by atoms with Gasteiger partial charge in [-0.2, -0.15) is 4.89 Å². The highest BCUT2D eigenvalue weighted by Gasteiger charge is 2.26. The summed E-state index contributed by atoms with van der Waals surface area (Å²) in [5.41, 5.74) is 1.23. The molecule has 21 heavy (non-hydrogen) atoms. The molecule has 0 amide bonds. The SMILES string of the molecule is CC(C)(C)OOC(=O)C(c1ccccc1)c1ccccc1. The van der Waals surface area contributed by atoms with Crippen LogP contribution in [0.25, 0.3) is 0 Å². The van der Waals surface area contributed by atoms with Crippen LogP contribution in [0.15, 0.2) is 60.7 Å². The first kappa shape index (κ1) is 15.3. The molecule has 2 rings (SSSR count). The van der Waals surface area contributed by atoms with E-state index in [0.29, 0.717) is 0 Å². The van der Waals surface area contributed by atoms with Gasteiger partial charge in [-0.15, -0.1) is 0 Å². The molecule has 3 heteroatoms. The van der Waals surface area contributed by atoms with Gasteiger partial charge >= 0.3 is 5.97 Å². The van der Waals surface area contributed by atoms with E-state index in [2.05, 4.69) is 0 Å². The standard InChI is InChI=1S/C18H20O3/c1-18(2,3)21-20-17(19)16(14-10-6-4-7-11-14)15-12-8-5-9-13-15/h4-13,16H,1-3H3. The zero-order valence-corrected chi connectivity index (χ0v) is 12.6. The van der Waals surface area contributed by atoms with Crippen molar-refractivity contribution in [3.63, 3.8) is 0 Å². The number of hydrogen-bond acceptors (Lipinski definition) is 3. The lowest BCUT2D eigenvalue weighted by Gasteiger charge is -2.20. The molecule has 0 saturated heterocycles. The highest BCUT2D eigenvalue weighted by molar-refractivity contribution is 5.81. The molecule has 0 aliphatic heterocycles. The molecule has 0 unspecified atom stereocenters. The third kappa shape index (κ3) is 4.43. The minimum Gasteiger partial charge on any atom is -0.297 e. The molecule has 0 aromatic heterocycles. The molecule has 0 aliphatic carbocycles. The summed E-state index contributed by atoms with van der Waals surface area (Å²) in [6, 6.07) is 19.1. The Bertz CT molecular complexity index is 531. The predicted octanol–water partition coefficient (Wildman–Crippen LogP) is 4.09. The zero-order valence-electron chi connectivity index (χ0n) is 12.6. The van der Waals surface area contributed by atoms with Crippen LogP contribution >= 0.6 is 0 Å². The fraction of sp³-hybridized carbons (Fsp3) is 0.278. The molecule has 0 aliphatic rings. The smallest absolute Gasteiger partial charge is 0.297 e. The lowest BCUT2D eigenvalue weighted by molar-refractivity contribution is -0.320. The summed E-state index contributed by atoms with van der Waals surface area (Å²) in [6.07, 6.45) is 0. The van der Waals surface area contributed by atoms with Gasteiger partial charge < -0.3 is 0 Å². The van der Waals surface area contributed by atoms with Crippen molar-refractivity contribution in [2.24, 2.45) is 0 Å². The molecular weight excluding hydrogens is 264 g/mol. The fourth-order valence-electron chi connectivity index (χ4n) is 1.97. The summed E-state index contributed by atoms with van der Waals surface area (Å²) in [7, 11) is 0. The molecule has 0 saturated carbocycles. The van der Waals surface area contributed by atoms with E-state index in [9.17, 15) is 4.79 Å². The Morgan fingerprint density at radius 1 is 0.857 bits per heavy atom. The Balaban J connectivity index is 2.27. The topological polar surface area (TPSA) is 35.5 Å². The Kier molecular flexibility index (Phi) is 4.76. The lowest BCUT2D eigenvalue weighted by Crippen LogP contribution is -2.25. The van der Waals surface area contributed by atoms with Gasteiger partial charge in [-0.1, -0.05) is 60.7 Å². The molecule has 2 aromatic rings. The number of rotatable bonds is 4. The largest absolute Gasteiger partial charge is 0.354 e. The number of carbonyl (C=O) groups excluding carboxylic acids is 1. The van der Waals surface area contributed by atoms with E-state index < -0.39 is 17.5 Å². The molecule has 0 fully saturated rings. The summed E-state index contributed by atoms with van der Waals surface area (Å²) < 4.78 is 0. The van der Waals surface area contributed by atoms with Crippen LogP contribution in [0.4, 0.5) is 0 Å². The maximum atomic E-state index is 12.4. The van der Waals surface area contributed by atoms with Crippen molar-refractivity contribution < 1.29 is 14.6 Å². The predicted molar refractivity (Wildman–Crippen MR) is 81.7 cm³/mol. The van der Waals surface area contributed by atoms with Crippen LogP contribution in [0.2, 0.25) is 0 Å². The summed E-state index contributed by atoms with van der Waals surface area (Å²) in [6.45, 7) is 5.50. The third-order valence-electron chi connectivity index (χ3n) is 2.88. The van der Waals surface area contributed by atoms with Crippen molar-refractivity contribution in [1.82, 2.24) is 0 Å². The Labute approximate surface area is 125 Å². The van der Waals surface area contributed by atoms with Gasteiger partial charge in [-0.25, -0.2) is 4.79 Å². The van der Waals surface area contributed by atoms with Crippen molar-refractivity contribution in [3.8, 4) is 0 Å². The Hall–Kier alpha value is -2.13. The van der Waals surface area contributed by atoms with Gasteiger partial charge in [-0.05, 0) is 31.9 Å². The highest BCUT2D eigenvalue weighted by Crippen LogP contribution is 2.26. The number of carbonyl (C=O) groups is 1. The highest BCUT2D eigenvalue weighted by atomic mass is 17.2. The maximum Gasteiger partial charge on any atom is 0.354 e. The first-order chi connectivity index (χ1) is 9.97. The summed E-state index contributed by atoms with van der Waals surface area (Å²) in [4.78, 5) is 22.6. The Morgan fingerprint density at radius 2 is 1.29 bits per heavy atom. The van der Waals surface area contributed by atoms with Crippen LogP contribution in [-0.2, 0) is 14.6 Å². The van der Waals surface area contributed by atoms with E-state index in [-0.39, 0.29) is 0 Å². The molecule has 0 atom stereocenters. The van der Waals surface area contributed by atoms with Crippen molar-refractivity contribution in [2.75, 3.05) is 0 Å². The second-order valence-corrected chi connectivity index (χ2v) is 5.85. The minimum atomic E-state index is -0.534. The van der Waals surface area contributed by atoms with Crippen molar-refractivity contribution in [3.05, 3.63) is 71.8 Å². The van der Waals surface area contributed by atoms with Crippen LogP contribution in [0, 0.1) is 0 Å². The molecule has 0 bridgehead atoms. The lowest BCUT2D eigenvalue weighted by atomic mass is 9.91. The van der Waals surface area contributed by atoms with E-state index in [1.54, 1.807) is 0 Å². The number of benzene rings is 2. The second-order valence-electron chi connectivity index (χ2n) is 5.85. The van der Waals surface area contributed by atoms with Crippen LogP contribution in [-0.4, -0.2) is 11.6 Å². The molecule has 0 heterocycles. The van der Waals surface area contributed by atoms with E-state index in [1.165, 1.54) is 0 Å². The van der Waals surface area contributed by atoms with Gasteiger partial charge in [0, 0.05) is 0 Å². The maximum absolute atomic E-state index is 12.4. The van der Waals surface area contributed by atoms with Crippen molar-refractivity contribution in [2.45, 2.75) is 32.3 Å². The summed E-state index contributed by atoms with van der Waals surface area (Å²) in [5, 5.41) is 0. The van der Waals surface area contributed by atoms with Crippen LogP contribution < -0.4 is 0 Å². The summed E-state index contributed by atoms with van der Waals surface area (Å²) >= 11 is 0. The first-order valence-corrected chi connectivity index (χ1v) is 6.97. The molecule has 0 spiro atoms. The monoisotopic (exact) mass is 284 g/mol. The van der Waals surface area contributed by atoms with E-state index in [1.807, 2.05) is 81.4 Å². The van der Waals surface area contributed by atoms with Crippen LogP contribution in [0.5, 0.6) is 0 Å². The molecule has 110 valence electrons. The molecule has 3 nitrogen and oxygen atoms in total. The molecular formula is C18H20O3. The second kappa shape index (κ2) is 6.55. The van der Waals surface area contributed by atoms with E-state index in [0.717, 1.165) is 11.1 Å². The minimum absolute atomic E-state index is 0.415. The quantitative estimate of drug-likeness (QED) is 0.626. The van der Waals surface area contributed by atoms with Gasteiger partial charge in [0.05, 0.1) is 0 Å². The number of hydrogen-bond donors (Lipinski definition) is 0. The van der Waals surface area contributed by atoms with Gasteiger partial charge in [0.25, 0.3) is 0 Å². The van der Waals surface area contributed by atoms with Gasteiger partial charge in [0.15, 0.2) is 0 Å². The fourth-order valence-corrected chi connectivity index (χ4v) is 1.97. The molecule has 0 N–H and O–H groups in total. The third-order valence-corrected chi connectivity index (χ3v) is 2.88. The zero-order chi connectivity index (χ0) is 15.3. The first-order valence-electron chi connectivity index (χ1n) is 6.97. The molecule has 2 aromatic carbocycles. The average molecular weight is 284 g/mol.